The van der Waals surface area contributed by atoms with Crippen molar-refractivity contribution in [2.45, 2.75) is 53.6 Å². The molecule has 1 N–H and O–H groups in total. The van der Waals surface area contributed by atoms with Crippen LogP contribution < -0.4 is 10.1 Å². The smallest absolute Gasteiger partial charge is 0.161 e. The molecule has 2 rings (SSSR count). The summed E-state index contributed by atoms with van der Waals surface area (Å²) in [6, 6.07) is 0.281. The van der Waals surface area contributed by atoms with Crippen LogP contribution in [0.25, 0.3) is 0 Å². The fraction of sp³-hybridized carbons (Fsp3) is 0.812. The van der Waals surface area contributed by atoms with Gasteiger partial charge in [-0.1, -0.05) is 34.6 Å². The molecule has 1 aliphatic carbocycles. The zero-order valence-corrected chi connectivity index (χ0v) is 13.9. The fourth-order valence-corrected chi connectivity index (χ4v) is 3.78. The van der Waals surface area contributed by atoms with Crippen LogP contribution in [0, 0.1) is 16.7 Å². The van der Waals surface area contributed by atoms with Crippen LogP contribution in [0.3, 0.4) is 0 Å². The Morgan fingerprint density at radius 3 is 2.35 bits per heavy atom. The van der Waals surface area contributed by atoms with Crippen LogP contribution in [0.5, 0.6) is 5.75 Å². The summed E-state index contributed by atoms with van der Waals surface area (Å²) in [6.07, 6.45) is 2.92. The third-order valence-corrected chi connectivity index (χ3v) is 5.57. The van der Waals surface area contributed by atoms with Crippen LogP contribution in [-0.4, -0.2) is 23.9 Å². The molecule has 0 aromatic carbocycles. The minimum Gasteiger partial charge on any atom is -0.493 e. The molecular formula is C16H29N3O. The predicted octanol–water partition coefficient (Wildman–Crippen LogP) is 3.24. The minimum atomic E-state index is 0.281. The molecule has 1 aliphatic rings. The van der Waals surface area contributed by atoms with Crippen LogP contribution in [-0.2, 0) is 6.54 Å². The fourth-order valence-electron chi connectivity index (χ4n) is 3.78. The van der Waals surface area contributed by atoms with Crippen molar-refractivity contribution in [1.82, 2.24) is 15.1 Å². The number of nitrogens with one attached hydrogen (secondary N) is 1. The Morgan fingerprint density at radius 2 is 1.95 bits per heavy atom. The third kappa shape index (κ3) is 2.05. The lowest BCUT2D eigenvalue weighted by Gasteiger charge is -2.21. The zero-order valence-electron chi connectivity index (χ0n) is 13.9. The van der Waals surface area contributed by atoms with Crippen LogP contribution >= 0.6 is 0 Å². The SMILES string of the molecule is CCCn1ncc(OC)c1C(NC)C1C(C)(C)C1(C)C. The predicted molar refractivity (Wildman–Crippen MR) is 81.9 cm³/mol. The number of rotatable bonds is 6. The molecule has 1 fully saturated rings. The molecule has 1 heterocycles. The second-order valence-corrected chi connectivity index (χ2v) is 7.01. The molecule has 0 spiro atoms. The summed E-state index contributed by atoms with van der Waals surface area (Å²) in [5.41, 5.74) is 1.85. The molecule has 4 nitrogen and oxygen atoms in total. The maximum Gasteiger partial charge on any atom is 0.161 e. The highest BCUT2D eigenvalue weighted by atomic mass is 16.5. The average molecular weight is 279 g/mol. The lowest BCUT2D eigenvalue weighted by atomic mass is 10.0. The van der Waals surface area contributed by atoms with Crippen molar-refractivity contribution in [2.24, 2.45) is 16.7 Å². The second kappa shape index (κ2) is 5.06. The Morgan fingerprint density at radius 1 is 1.35 bits per heavy atom. The van der Waals surface area contributed by atoms with Gasteiger partial charge in [0.15, 0.2) is 5.75 Å². The number of ether oxygens (including phenoxy) is 1. The summed E-state index contributed by atoms with van der Waals surface area (Å²) in [5, 5.41) is 8.01. The summed E-state index contributed by atoms with van der Waals surface area (Å²) in [4.78, 5) is 0. The number of hydrogen-bond acceptors (Lipinski definition) is 3. The van der Waals surface area contributed by atoms with Crippen LogP contribution in [0.4, 0.5) is 0 Å². The summed E-state index contributed by atoms with van der Waals surface area (Å²) in [6.45, 7) is 12.5. The van der Waals surface area contributed by atoms with E-state index in [0.29, 0.717) is 16.7 Å². The minimum absolute atomic E-state index is 0.281. The van der Waals surface area contributed by atoms with Crippen LogP contribution in [0.1, 0.15) is 52.8 Å². The monoisotopic (exact) mass is 279 g/mol. The first-order valence-electron chi connectivity index (χ1n) is 7.59. The first kappa shape index (κ1) is 15.4. The average Bonchev–Trinajstić information content (AvgIpc) is 2.71. The molecule has 1 aromatic heterocycles. The molecule has 1 aromatic rings. The topological polar surface area (TPSA) is 39.1 Å². The normalized spacial score (nSPS) is 21.8. The first-order valence-corrected chi connectivity index (χ1v) is 7.59. The van der Waals surface area contributed by atoms with Gasteiger partial charge in [0.05, 0.1) is 25.0 Å². The molecule has 0 amide bonds. The molecule has 0 bridgehead atoms. The van der Waals surface area contributed by atoms with E-state index in [2.05, 4.69) is 49.7 Å². The highest BCUT2D eigenvalue weighted by Gasteiger charge is 2.67. The van der Waals surface area contributed by atoms with Gasteiger partial charge in [-0.2, -0.15) is 5.10 Å². The second-order valence-electron chi connectivity index (χ2n) is 7.01. The van der Waals surface area contributed by atoms with E-state index < -0.39 is 0 Å². The van der Waals surface area contributed by atoms with Crippen molar-refractivity contribution in [2.75, 3.05) is 14.2 Å². The molecule has 20 heavy (non-hydrogen) atoms. The van der Waals surface area contributed by atoms with Gasteiger partial charge in [-0.05, 0) is 30.2 Å². The van der Waals surface area contributed by atoms with E-state index in [1.807, 2.05) is 13.2 Å². The van der Waals surface area contributed by atoms with E-state index in [1.165, 1.54) is 5.69 Å². The van der Waals surface area contributed by atoms with Crippen molar-refractivity contribution in [1.29, 1.82) is 0 Å². The number of aromatic nitrogens is 2. The van der Waals surface area contributed by atoms with Gasteiger partial charge >= 0.3 is 0 Å². The number of aryl methyl sites for hydroxylation is 1. The molecule has 0 saturated heterocycles. The Bertz CT molecular complexity index is 462. The van der Waals surface area contributed by atoms with Gasteiger partial charge in [0.25, 0.3) is 0 Å². The van der Waals surface area contributed by atoms with Crippen LogP contribution in [0.2, 0.25) is 0 Å². The highest BCUT2D eigenvalue weighted by Crippen LogP contribution is 2.72. The summed E-state index contributed by atoms with van der Waals surface area (Å²) >= 11 is 0. The van der Waals surface area contributed by atoms with Gasteiger partial charge in [0, 0.05) is 6.54 Å². The van der Waals surface area contributed by atoms with Gasteiger partial charge in [0.2, 0.25) is 0 Å². The third-order valence-electron chi connectivity index (χ3n) is 5.57. The van der Waals surface area contributed by atoms with Crippen molar-refractivity contribution in [3.05, 3.63) is 11.9 Å². The molecule has 1 atom stereocenters. The molecule has 0 radical (unpaired) electrons. The van der Waals surface area contributed by atoms with Gasteiger partial charge < -0.3 is 10.1 Å². The highest BCUT2D eigenvalue weighted by molar-refractivity contribution is 5.33. The van der Waals surface area contributed by atoms with E-state index in [1.54, 1.807) is 7.11 Å². The van der Waals surface area contributed by atoms with Gasteiger partial charge in [-0.15, -0.1) is 0 Å². The summed E-state index contributed by atoms with van der Waals surface area (Å²) in [5.74, 6) is 1.48. The molecule has 0 aliphatic heterocycles. The van der Waals surface area contributed by atoms with Crippen molar-refractivity contribution in [3.63, 3.8) is 0 Å². The standard InChI is InChI=1S/C16H29N3O/c1-8-9-19-13(11(20-7)10-18-19)12(17-6)14-15(2,3)16(14,4)5/h10,12,14,17H,8-9H2,1-7H3. The first-order chi connectivity index (χ1) is 9.32. The summed E-state index contributed by atoms with van der Waals surface area (Å²) < 4.78 is 7.65. The Hall–Kier alpha value is -1.03. The molecule has 1 saturated carbocycles. The van der Waals surface area contributed by atoms with E-state index in [9.17, 15) is 0 Å². The van der Waals surface area contributed by atoms with E-state index in [4.69, 9.17) is 4.74 Å². The zero-order chi connectivity index (χ0) is 15.1. The lowest BCUT2D eigenvalue weighted by Crippen LogP contribution is -2.25. The molecule has 114 valence electrons. The molecule has 1 unspecified atom stereocenters. The summed E-state index contributed by atoms with van der Waals surface area (Å²) in [7, 11) is 3.77. The largest absolute Gasteiger partial charge is 0.493 e. The van der Waals surface area contributed by atoms with E-state index in [-0.39, 0.29) is 6.04 Å². The Labute approximate surface area is 122 Å². The van der Waals surface area contributed by atoms with Crippen molar-refractivity contribution in [3.8, 4) is 5.75 Å². The lowest BCUT2D eigenvalue weighted by molar-refractivity contribution is 0.364. The van der Waals surface area contributed by atoms with Gasteiger partial charge in [0.1, 0.15) is 0 Å². The van der Waals surface area contributed by atoms with Gasteiger partial charge in [-0.25, -0.2) is 0 Å². The Balaban J connectivity index is 2.40. The van der Waals surface area contributed by atoms with Crippen LogP contribution in [0.15, 0.2) is 6.20 Å². The maximum atomic E-state index is 5.55. The number of methoxy groups -OCH3 is 1. The van der Waals surface area contributed by atoms with Gasteiger partial charge in [-0.3, -0.25) is 4.68 Å². The Kier molecular flexibility index (Phi) is 3.89. The molecule has 4 heteroatoms. The number of hydrogen-bond donors (Lipinski definition) is 1. The molecular weight excluding hydrogens is 250 g/mol. The van der Waals surface area contributed by atoms with Crippen molar-refractivity contribution < 1.29 is 4.74 Å². The van der Waals surface area contributed by atoms with Crippen molar-refractivity contribution >= 4 is 0 Å². The van der Waals surface area contributed by atoms with E-state index >= 15 is 0 Å². The van der Waals surface area contributed by atoms with E-state index in [0.717, 1.165) is 18.7 Å². The number of nitrogens with zero attached hydrogens (tertiary/aromatic N) is 2. The maximum absolute atomic E-state index is 5.55. The quantitative estimate of drug-likeness (QED) is 0.869.